The van der Waals surface area contributed by atoms with E-state index < -0.39 is 0 Å². The van der Waals surface area contributed by atoms with E-state index in [2.05, 4.69) is 42.8 Å². The zero-order valence-electron chi connectivity index (χ0n) is 12.7. The maximum absolute atomic E-state index is 3.45. The Kier molecular flexibility index (Phi) is 4.68. The van der Waals surface area contributed by atoms with Gasteiger partial charge in [-0.15, -0.1) is 0 Å². The predicted molar refractivity (Wildman–Crippen MR) is 78.0 cm³/mol. The van der Waals surface area contributed by atoms with Crippen molar-refractivity contribution in [1.82, 2.24) is 15.1 Å². The van der Waals surface area contributed by atoms with Crippen LogP contribution in [-0.4, -0.2) is 60.6 Å². The number of nitrogens with one attached hydrogen (secondary N) is 1. The van der Waals surface area contributed by atoms with Crippen LogP contribution >= 0.6 is 0 Å². The zero-order valence-corrected chi connectivity index (χ0v) is 12.7. The zero-order chi connectivity index (χ0) is 13.2. The first kappa shape index (κ1) is 14.3. The SMILES string of the molecule is CC(C)N(CC1CC1)CC(C)(C)N1CCNCC1. The Morgan fingerprint density at radius 1 is 1.22 bits per heavy atom. The Labute approximate surface area is 113 Å². The summed E-state index contributed by atoms with van der Waals surface area (Å²) >= 11 is 0. The average Bonchev–Trinajstić information content (AvgIpc) is 3.13. The van der Waals surface area contributed by atoms with Crippen LogP contribution in [0.25, 0.3) is 0 Å². The number of nitrogens with zero attached hydrogens (tertiary/aromatic N) is 2. The maximum atomic E-state index is 3.45. The molecule has 0 aromatic heterocycles. The molecule has 0 atom stereocenters. The summed E-state index contributed by atoms with van der Waals surface area (Å²) < 4.78 is 0. The van der Waals surface area contributed by atoms with Gasteiger partial charge in [0.25, 0.3) is 0 Å². The van der Waals surface area contributed by atoms with Crippen molar-refractivity contribution >= 4 is 0 Å². The number of rotatable bonds is 6. The van der Waals surface area contributed by atoms with Crippen LogP contribution in [0.1, 0.15) is 40.5 Å². The molecule has 1 saturated carbocycles. The van der Waals surface area contributed by atoms with Gasteiger partial charge in [-0.2, -0.15) is 0 Å². The molecule has 0 unspecified atom stereocenters. The van der Waals surface area contributed by atoms with Gasteiger partial charge in [0.15, 0.2) is 0 Å². The van der Waals surface area contributed by atoms with Gasteiger partial charge in [-0.05, 0) is 46.5 Å². The molecule has 0 radical (unpaired) electrons. The molecular weight excluding hydrogens is 222 g/mol. The summed E-state index contributed by atoms with van der Waals surface area (Å²) in [6.07, 6.45) is 2.91. The fourth-order valence-electron chi connectivity index (χ4n) is 2.96. The van der Waals surface area contributed by atoms with Crippen molar-refractivity contribution in [3.63, 3.8) is 0 Å². The third-order valence-electron chi connectivity index (χ3n) is 4.48. The number of hydrogen-bond donors (Lipinski definition) is 1. The summed E-state index contributed by atoms with van der Waals surface area (Å²) in [5, 5.41) is 3.45. The first-order chi connectivity index (χ1) is 8.49. The van der Waals surface area contributed by atoms with Crippen LogP contribution in [0.15, 0.2) is 0 Å². The molecule has 18 heavy (non-hydrogen) atoms. The topological polar surface area (TPSA) is 18.5 Å². The van der Waals surface area contributed by atoms with Crippen LogP contribution in [0.2, 0.25) is 0 Å². The van der Waals surface area contributed by atoms with Gasteiger partial charge in [-0.3, -0.25) is 9.80 Å². The monoisotopic (exact) mass is 253 g/mol. The van der Waals surface area contributed by atoms with E-state index in [4.69, 9.17) is 0 Å². The highest BCUT2D eigenvalue weighted by molar-refractivity contribution is 4.90. The van der Waals surface area contributed by atoms with Crippen LogP contribution < -0.4 is 5.32 Å². The number of piperazine rings is 1. The molecule has 0 aromatic carbocycles. The Morgan fingerprint density at radius 3 is 2.33 bits per heavy atom. The van der Waals surface area contributed by atoms with Crippen molar-refractivity contribution in [2.24, 2.45) is 5.92 Å². The van der Waals surface area contributed by atoms with Crippen molar-refractivity contribution in [3.8, 4) is 0 Å². The van der Waals surface area contributed by atoms with E-state index in [9.17, 15) is 0 Å². The molecule has 1 N–H and O–H groups in total. The van der Waals surface area contributed by atoms with Gasteiger partial charge >= 0.3 is 0 Å². The summed E-state index contributed by atoms with van der Waals surface area (Å²) in [5.41, 5.74) is 0.307. The minimum absolute atomic E-state index is 0.307. The standard InChI is InChI=1S/C15H31N3/c1-13(2)17(11-14-5-6-14)12-15(3,4)18-9-7-16-8-10-18/h13-14,16H,5-12H2,1-4H3. The molecule has 3 nitrogen and oxygen atoms in total. The molecule has 1 saturated heterocycles. The van der Waals surface area contributed by atoms with Crippen molar-refractivity contribution in [1.29, 1.82) is 0 Å². The van der Waals surface area contributed by atoms with E-state index in [1.54, 1.807) is 0 Å². The van der Waals surface area contributed by atoms with Gasteiger partial charge in [0.2, 0.25) is 0 Å². The van der Waals surface area contributed by atoms with Crippen molar-refractivity contribution in [2.45, 2.75) is 52.1 Å². The third kappa shape index (κ3) is 3.94. The lowest BCUT2D eigenvalue weighted by atomic mass is 9.99. The van der Waals surface area contributed by atoms with E-state index in [1.165, 1.54) is 39.0 Å². The molecule has 106 valence electrons. The maximum Gasteiger partial charge on any atom is 0.0281 e. The Balaban J connectivity index is 1.89. The lowest BCUT2D eigenvalue weighted by Gasteiger charge is -2.45. The lowest BCUT2D eigenvalue weighted by molar-refractivity contribution is 0.0503. The van der Waals surface area contributed by atoms with Crippen LogP contribution in [-0.2, 0) is 0 Å². The van der Waals surface area contributed by atoms with Crippen molar-refractivity contribution in [2.75, 3.05) is 39.3 Å². The molecule has 3 heteroatoms. The molecule has 0 bridgehead atoms. The Morgan fingerprint density at radius 2 is 1.83 bits per heavy atom. The first-order valence-corrected chi connectivity index (χ1v) is 7.69. The van der Waals surface area contributed by atoms with Crippen molar-refractivity contribution in [3.05, 3.63) is 0 Å². The molecule has 1 heterocycles. The fraction of sp³-hybridized carbons (Fsp3) is 1.00. The highest BCUT2D eigenvalue weighted by Crippen LogP contribution is 2.31. The van der Waals surface area contributed by atoms with Crippen LogP contribution in [0.5, 0.6) is 0 Å². The minimum Gasteiger partial charge on any atom is -0.314 e. The number of hydrogen-bond acceptors (Lipinski definition) is 3. The van der Waals surface area contributed by atoms with Crippen LogP contribution in [0.3, 0.4) is 0 Å². The summed E-state index contributed by atoms with van der Waals surface area (Å²) in [5.74, 6) is 0.992. The second-order valence-corrected chi connectivity index (χ2v) is 7.02. The van der Waals surface area contributed by atoms with E-state index in [-0.39, 0.29) is 0 Å². The molecular formula is C15H31N3. The van der Waals surface area contributed by atoms with Crippen molar-refractivity contribution < 1.29 is 0 Å². The lowest BCUT2D eigenvalue weighted by Crippen LogP contribution is -2.58. The smallest absolute Gasteiger partial charge is 0.0281 e. The van der Waals surface area contributed by atoms with Gasteiger partial charge in [0.05, 0.1) is 0 Å². The van der Waals surface area contributed by atoms with Gasteiger partial charge in [0.1, 0.15) is 0 Å². The molecule has 0 spiro atoms. The summed E-state index contributed by atoms with van der Waals surface area (Å²) in [4.78, 5) is 5.35. The minimum atomic E-state index is 0.307. The molecule has 2 rings (SSSR count). The van der Waals surface area contributed by atoms with Gasteiger partial charge in [0, 0.05) is 50.8 Å². The fourth-order valence-corrected chi connectivity index (χ4v) is 2.96. The predicted octanol–water partition coefficient (Wildman–Crippen LogP) is 1.79. The highest BCUT2D eigenvalue weighted by Gasteiger charge is 2.33. The molecule has 1 aliphatic carbocycles. The second kappa shape index (κ2) is 5.89. The second-order valence-electron chi connectivity index (χ2n) is 7.02. The summed E-state index contributed by atoms with van der Waals surface area (Å²) in [6.45, 7) is 16.7. The largest absolute Gasteiger partial charge is 0.314 e. The van der Waals surface area contributed by atoms with Crippen LogP contribution in [0, 0.1) is 5.92 Å². The van der Waals surface area contributed by atoms with Crippen LogP contribution in [0.4, 0.5) is 0 Å². The van der Waals surface area contributed by atoms with E-state index in [0.29, 0.717) is 11.6 Å². The molecule has 2 aliphatic rings. The molecule has 2 fully saturated rings. The average molecular weight is 253 g/mol. The van der Waals surface area contributed by atoms with E-state index >= 15 is 0 Å². The van der Waals surface area contributed by atoms with Gasteiger partial charge in [-0.1, -0.05) is 0 Å². The molecule has 0 amide bonds. The first-order valence-electron chi connectivity index (χ1n) is 7.69. The normalized spacial score (nSPS) is 23.0. The summed E-state index contributed by atoms with van der Waals surface area (Å²) in [7, 11) is 0. The Hall–Kier alpha value is -0.120. The van der Waals surface area contributed by atoms with Gasteiger partial charge < -0.3 is 5.32 Å². The highest BCUT2D eigenvalue weighted by atomic mass is 15.3. The summed E-state index contributed by atoms with van der Waals surface area (Å²) in [6, 6.07) is 0.674. The Bertz CT molecular complexity index is 252. The van der Waals surface area contributed by atoms with E-state index in [0.717, 1.165) is 19.0 Å². The molecule has 0 aromatic rings. The van der Waals surface area contributed by atoms with Gasteiger partial charge in [-0.25, -0.2) is 0 Å². The quantitative estimate of drug-likeness (QED) is 0.778. The third-order valence-corrected chi connectivity index (χ3v) is 4.48. The van der Waals surface area contributed by atoms with E-state index in [1.807, 2.05) is 0 Å². The molecule has 1 aliphatic heterocycles.